The molecule has 0 radical (unpaired) electrons. The first-order valence-electron chi connectivity index (χ1n) is 5.94. The molecular weight excluding hydrogens is 267 g/mol. The van der Waals surface area contributed by atoms with Gasteiger partial charge in [0.15, 0.2) is 5.13 Å². The molecule has 0 spiro atoms. The van der Waals surface area contributed by atoms with Crippen molar-refractivity contribution in [3.8, 4) is 0 Å². The summed E-state index contributed by atoms with van der Waals surface area (Å²) in [6.45, 7) is 5.62. The molecule has 0 aliphatic heterocycles. The molecule has 2 rings (SSSR count). The normalized spacial score (nSPS) is 11.8. The molecule has 102 valence electrons. The van der Waals surface area contributed by atoms with Gasteiger partial charge in [0.2, 0.25) is 0 Å². The van der Waals surface area contributed by atoms with Crippen LogP contribution in [0.15, 0.2) is 18.2 Å². The Kier molecular flexibility index (Phi) is 3.82. The first kappa shape index (κ1) is 13.9. The number of anilines is 1. The fourth-order valence-electron chi connectivity index (χ4n) is 1.64. The molecule has 1 N–H and O–H groups in total. The average molecular weight is 282 g/mol. The van der Waals surface area contributed by atoms with Crippen LogP contribution in [0.4, 0.5) is 9.52 Å². The second-order valence-electron chi connectivity index (χ2n) is 4.50. The molecule has 0 unspecified atom stereocenters. The van der Waals surface area contributed by atoms with Crippen LogP contribution in [0, 0.1) is 5.82 Å². The van der Waals surface area contributed by atoms with Crippen molar-refractivity contribution in [1.29, 1.82) is 0 Å². The van der Waals surface area contributed by atoms with Gasteiger partial charge in [0.05, 0.1) is 4.70 Å². The number of fused-ring (bicyclic) bond motifs is 1. The van der Waals surface area contributed by atoms with Gasteiger partial charge < -0.3 is 4.74 Å². The minimum atomic E-state index is -0.939. The second kappa shape index (κ2) is 5.22. The van der Waals surface area contributed by atoms with Crippen molar-refractivity contribution in [1.82, 2.24) is 4.98 Å². The van der Waals surface area contributed by atoms with Crippen LogP contribution in [0.1, 0.15) is 20.8 Å². The highest BCUT2D eigenvalue weighted by atomic mass is 32.1. The summed E-state index contributed by atoms with van der Waals surface area (Å²) in [7, 11) is 0. The number of para-hydroxylation sites is 1. The zero-order valence-corrected chi connectivity index (χ0v) is 11.8. The summed E-state index contributed by atoms with van der Waals surface area (Å²) in [6, 6.07) is 4.72. The van der Waals surface area contributed by atoms with Gasteiger partial charge in [0, 0.05) is 6.61 Å². The van der Waals surface area contributed by atoms with E-state index in [4.69, 9.17) is 4.74 Å². The molecule has 1 aromatic carbocycles. The number of halogens is 1. The summed E-state index contributed by atoms with van der Waals surface area (Å²) in [5, 5.41) is 3.03. The molecule has 0 aliphatic rings. The smallest absolute Gasteiger partial charge is 0.257 e. The third kappa shape index (κ3) is 2.90. The quantitative estimate of drug-likeness (QED) is 0.937. The van der Waals surface area contributed by atoms with E-state index >= 15 is 0 Å². The fourth-order valence-corrected chi connectivity index (χ4v) is 2.52. The second-order valence-corrected chi connectivity index (χ2v) is 5.53. The van der Waals surface area contributed by atoms with E-state index in [1.165, 1.54) is 17.4 Å². The van der Waals surface area contributed by atoms with Crippen molar-refractivity contribution in [3.63, 3.8) is 0 Å². The van der Waals surface area contributed by atoms with Gasteiger partial charge in [-0.2, -0.15) is 0 Å². The number of amides is 1. The molecule has 1 aromatic heterocycles. The Labute approximate surface area is 114 Å². The molecule has 0 saturated heterocycles. The summed E-state index contributed by atoms with van der Waals surface area (Å²) < 4.78 is 19.5. The van der Waals surface area contributed by atoms with Crippen LogP contribution in [0.2, 0.25) is 0 Å². The van der Waals surface area contributed by atoms with Crippen molar-refractivity contribution in [2.75, 3.05) is 11.9 Å². The summed E-state index contributed by atoms with van der Waals surface area (Å²) >= 11 is 1.24. The maximum absolute atomic E-state index is 13.5. The Morgan fingerprint density at radius 1 is 1.53 bits per heavy atom. The highest BCUT2D eigenvalue weighted by molar-refractivity contribution is 7.22. The summed E-state index contributed by atoms with van der Waals surface area (Å²) in [5.74, 6) is -0.688. The number of nitrogens with one attached hydrogen (secondary N) is 1. The molecule has 0 atom stereocenters. The number of aromatic nitrogens is 1. The largest absolute Gasteiger partial charge is 0.366 e. The molecule has 0 fully saturated rings. The highest BCUT2D eigenvalue weighted by Crippen LogP contribution is 2.28. The zero-order valence-electron chi connectivity index (χ0n) is 11.0. The number of carbonyl (C=O) groups is 1. The third-order valence-electron chi connectivity index (χ3n) is 2.64. The molecule has 0 bridgehead atoms. The van der Waals surface area contributed by atoms with Crippen LogP contribution in [-0.4, -0.2) is 23.1 Å². The van der Waals surface area contributed by atoms with Crippen molar-refractivity contribution in [3.05, 3.63) is 24.0 Å². The van der Waals surface area contributed by atoms with E-state index in [0.29, 0.717) is 16.4 Å². The molecule has 4 nitrogen and oxygen atoms in total. The maximum Gasteiger partial charge on any atom is 0.257 e. The Bertz CT molecular complexity index is 610. The van der Waals surface area contributed by atoms with Gasteiger partial charge in [-0.25, -0.2) is 9.37 Å². The first-order valence-corrected chi connectivity index (χ1v) is 6.76. The van der Waals surface area contributed by atoms with Crippen molar-refractivity contribution >= 4 is 32.6 Å². The van der Waals surface area contributed by atoms with E-state index in [1.807, 2.05) is 6.92 Å². The van der Waals surface area contributed by atoms with E-state index in [0.717, 1.165) is 0 Å². The topological polar surface area (TPSA) is 51.2 Å². The number of ether oxygens (including phenoxy) is 1. The Morgan fingerprint density at radius 2 is 2.26 bits per heavy atom. The van der Waals surface area contributed by atoms with Crippen LogP contribution in [0.3, 0.4) is 0 Å². The van der Waals surface area contributed by atoms with E-state index in [9.17, 15) is 9.18 Å². The molecule has 1 heterocycles. The number of benzene rings is 1. The Hall–Kier alpha value is -1.53. The summed E-state index contributed by atoms with van der Waals surface area (Å²) in [6.07, 6.45) is 0. The third-order valence-corrected chi connectivity index (χ3v) is 3.58. The first-order chi connectivity index (χ1) is 8.94. The number of hydrogen-bond acceptors (Lipinski definition) is 4. The van der Waals surface area contributed by atoms with Crippen LogP contribution in [0.5, 0.6) is 0 Å². The Balaban J connectivity index is 2.22. The number of thiazole rings is 1. The predicted molar refractivity (Wildman–Crippen MR) is 73.9 cm³/mol. The van der Waals surface area contributed by atoms with E-state index in [2.05, 4.69) is 10.3 Å². The van der Waals surface area contributed by atoms with Gasteiger partial charge in [0.25, 0.3) is 5.91 Å². The lowest BCUT2D eigenvalue weighted by Crippen LogP contribution is -2.39. The van der Waals surface area contributed by atoms with Gasteiger partial charge in [-0.15, -0.1) is 0 Å². The van der Waals surface area contributed by atoms with Gasteiger partial charge in [-0.05, 0) is 32.9 Å². The lowest BCUT2D eigenvalue weighted by molar-refractivity contribution is -0.136. The highest BCUT2D eigenvalue weighted by Gasteiger charge is 2.28. The molecule has 2 aromatic rings. The fraction of sp³-hybridized carbons (Fsp3) is 0.385. The number of hydrogen-bond donors (Lipinski definition) is 1. The van der Waals surface area contributed by atoms with Crippen LogP contribution < -0.4 is 5.32 Å². The molecule has 1 amide bonds. The SMILES string of the molecule is CCOC(C)(C)C(=O)Nc1nc2c(F)cccc2s1. The summed E-state index contributed by atoms with van der Waals surface area (Å²) in [4.78, 5) is 16.1. The number of carbonyl (C=O) groups excluding carboxylic acids is 1. The van der Waals surface area contributed by atoms with Crippen LogP contribution in [-0.2, 0) is 9.53 Å². The van der Waals surface area contributed by atoms with Crippen LogP contribution in [0.25, 0.3) is 10.2 Å². The Morgan fingerprint density at radius 3 is 2.89 bits per heavy atom. The number of rotatable bonds is 4. The van der Waals surface area contributed by atoms with E-state index < -0.39 is 11.4 Å². The standard InChI is InChI=1S/C13H15FN2O2S/c1-4-18-13(2,3)11(17)16-12-15-10-8(14)6-5-7-9(10)19-12/h5-7H,4H2,1-3H3,(H,15,16,17). The maximum atomic E-state index is 13.5. The van der Waals surface area contributed by atoms with Crippen molar-refractivity contribution in [2.45, 2.75) is 26.4 Å². The van der Waals surface area contributed by atoms with Gasteiger partial charge >= 0.3 is 0 Å². The van der Waals surface area contributed by atoms with Gasteiger partial charge in [-0.1, -0.05) is 17.4 Å². The van der Waals surface area contributed by atoms with E-state index in [1.54, 1.807) is 26.0 Å². The monoisotopic (exact) mass is 282 g/mol. The molecule has 6 heteroatoms. The molecule has 0 saturated carbocycles. The van der Waals surface area contributed by atoms with Gasteiger partial charge in [0.1, 0.15) is 16.9 Å². The van der Waals surface area contributed by atoms with Gasteiger partial charge in [-0.3, -0.25) is 10.1 Å². The number of nitrogens with zero attached hydrogens (tertiary/aromatic N) is 1. The molecule has 19 heavy (non-hydrogen) atoms. The van der Waals surface area contributed by atoms with E-state index in [-0.39, 0.29) is 11.4 Å². The minimum absolute atomic E-state index is 0.275. The van der Waals surface area contributed by atoms with Crippen molar-refractivity contribution in [2.24, 2.45) is 0 Å². The van der Waals surface area contributed by atoms with Crippen LogP contribution >= 0.6 is 11.3 Å². The lowest BCUT2D eigenvalue weighted by atomic mass is 10.1. The van der Waals surface area contributed by atoms with Crippen molar-refractivity contribution < 1.29 is 13.9 Å². The minimum Gasteiger partial charge on any atom is -0.366 e. The average Bonchev–Trinajstić information content (AvgIpc) is 2.73. The molecular formula is C13H15FN2O2S. The zero-order chi connectivity index (χ0) is 14.0. The molecule has 0 aliphatic carbocycles. The lowest BCUT2D eigenvalue weighted by Gasteiger charge is -2.22. The predicted octanol–water partition coefficient (Wildman–Crippen LogP) is 3.19. The summed E-state index contributed by atoms with van der Waals surface area (Å²) in [5.41, 5.74) is -0.664.